The zero-order chi connectivity index (χ0) is 14.4. The first-order valence-corrected chi connectivity index (χ1v) is 7.20. The summed E-state index contributed by atoms with van der Waals surface area (Å²) in [6, 6.07) is 0. The predicted octanol–water partition coefficient (Wildman–Crippen LogP) is 0.372. The van der Waals surface area contributed by atoms with E-state index in [2.05, 4.69) is 9.89 Å². The van der Waals surface area contributed by atoms with Crippen molar-refractivity contribution in [2.24, 2.45) is 4.99 Å². The van der Waals surface area contributed by atoms with Gasteiger partial charge in [0.2, 0.25) is 0 Å². The number of hydrogen-bond acceptors (Lipinski definition) is 4. The molecule has 0 unspecified atom stereocenters. The van der Waals surface area contributed by atoms with Gasteiger partial charge in [-0.25, -0.2) is 4.99 Å². The van der Waals surface area contributed by atoms with Crippen molar-refractivity contribution in [3.8, 4) is 0 Å². The van der Waals surface area contributed by atoms with Gasteiger partial charge in [0.05, 0.1) is 19.6 Å². The van der Waals surface area contributed by atoms with E-state index >= 15 is 0 Å². The van der Waals surface area contributed by atoms with Gasteiger partial charge < -0.3 is 19.4 Å². The van der Waals surface area contributed by atoms with E-state index in [-0.39, 0.29) is 5.91 Å². The Balaban J connectivity index is 2.09. The highest BCUT2D eigenvalue weighted by Crippen LogP contribution is 2.13. The number of likely N-dealkylation sites (tertiary alicyclic amines) is 1. The van der Waals surface area contributed by atoms with Gasteiger partial charge in [-0.05, 0) is 12.8 Å². The van der Waals surface area contributed by atoms with Crippen molar-refractivity contribution in [2.45, 2.75) is 12.8 Å². The largest absolute Gasteiger partial charge is 0.378 e. The molecule has 2 aliphatic rings. The van der Waals surface area contributed by atoms with E-state index < -0.39 is 0 Å². The minimum Gasteiger partial charge on any atom is -0.378 e. The zero-order valence-corrected chi connectivity index (χ0v) is 12.4. The van der Waals surface area contributed by atoms with E-state index in [4.69, 9.17) is 4.74 Å². The molecule has 0 aromatic heterocycles. The summed E-state index contributed by atoms with van der Waals surface area (Å²) in [5.74, 6) is -0.00157. The highest BCUT2D eigenvalue weighted by Gasteiger charge is 2.21. The molecule has 20 heavy (non-hydrogen) atoms. The number of carbonyl (C=O) groups excluding carboxylic acids is 1. The van der Waals surface area contributed by atoms with Gasteiger partial charge in [-0.3, -0.25) is 4.79 Å². The predicted molar refractivity (Wildman–Crippen MR) is 78.5 cm³/mol. The maximum absolute atomic E-state index is 12.5. The van der Waals surface area contributed by atoms with Crippen LogP contribution in [0, 0.1) is 0 Å². The average molecular weight is 280 g/mol. The Labute approximate surface area is 120 Å². The van der Waals surface area contributed by atoms with Gasteiger partial charge in [0.1, 0.15) is 5.70 Å². The van der Waals surface area contributed by atoms with E-state index in [1.807, 2.05) is 30.1 Å². The number of hydrogen-bond donors (Lipinski definition) is 0. The number of aliphatic imine (C=N–C) groups is 1. The van der Waals surface area contributed by atoms with Crippen molar-refractivity contribution < 1.29 is 9.53 Å². The van der Waals surface area contributed by atoms with Gasteiger partial charge in [0, 0.05) is 46.5 Å². The van der Waals surface area contributed by atoms with Gasteiger partial charge in [-0.1, -0.05) is 0 Å². The molecule has 2 aliphatic heterocycles. The third-order valence-electron chi connectivity index (χ3n) is 3.39. The van der Waals surface area contributed by atoms with E-state index in [0.717, 1.165) is 13.1 Å². The highest BCUT2D eigenvalue weighted by molar-refractivity contribution is 5.94. The standard InChI is InChI=1S/C14H24N4O2/c1-16(2)12-15-13(11-17-5-3-4-6-17)14(19)18-7-9-20-10-8-18/h11-12H,3-10H2,1-2H3/b13-11+,15-12?. The Morgan fingerprint density at radius 3 is 2.40 bits per heavy atom. The fraction of sp³-hybridized carbons (Fsp3) is 0.714. The molecule has 112 valence electrons. The Hall–Kier alpha value is -1.56. The van der Waals surface area contributed by atoms with Crippen LogP contribution < -0.4 is 0 Å². The van der Waals surface area contributed by atoms with Crippen LogP contribution >= 0.6 is 0 Å². The van der Waals surface area contributed by atoms with Crippen molar-refractivity contribution in [1.82, 2.24) is 14.7 Å². The van der Waals surface area contributed by atoms with Crippen LogP contribution in [0.4, 0.5) is 0 Å². The minimum atomic E-state index is -0.00157. The molecule has 2 rings (SSSR count). The van der Waals surface area contributed by atoms with E-state index in [1.165, 1.54) is 12.8 Å². The number of nitrogens with zero attached hydrogens (tertiary/aromatic N) is 4. The lowest BCUT2D eigenvalue weighted by atomic mass is 10.3. The molecule has 2 fully saturated rings. The maximum Gasteiger partial charge on any atom is 0.274 e. The first-order chi connectivity index (χ1) is 9.66. The molecule has 0 bridgehead atoms. The molecule has 6 heteroatoms. The first-order valence-electron chi connectivity index (χ1n) is 7.20. The van der Waals surface area contributed by atoms with Crippen molar-refractivity contribution >= 4 is 12.2 Å². The van der Waals surface area contributed by atoms with E-state index in [0.29, 0.717) is 32.0 Å². The number of ether oxygens (including phenoxy) is 1. The van der Waals surface area contributed by atoms with Gasteiger partial charge in [-0.2, -0.15) is 0 Å². The monoisotopic (exact) mass is 280 g/mol. The Kier molecular flexibility index (Phi) is 5.40. The van der Waals surface area contributed by atoms with E-state index in [9.17, 15) is 4.79 Å². The van der Waals surface area contributed by atoms with Crippen LogP contribution in [0.5, 0.6) is 0 Å². The van der Waals surface area contributed by atoms with Crippen LogP contribution in [0.25, 0.3) is 0 Å². The highest BCUT2D eigenvalue weighted by atomic mass is 16.5. The molecular formula is C14H24N4O2. The lowest BCUT2D eigenvalue weighted by molar-refractivity contribution is -0.131. The zero-order valence-electron chi connectivity index (χ0n) is 12.4. The molecule has 0 radical (unpaired) electrons. The first kappa shape index (κ1) is 14.8. The van der Waals surface area contributed by atoms with Crippen LogP contribution in [-0.4, -0.2) is 80.4 Å². The summed E-state index contributed by atoms with van der Waals surface area (Å²) in [5.41, 5.74) is 0.516. The maximum atomic E-state index is 12.5. The molecule has 1 amide bonds. The molecular weight excluding hydrogens is 256 g/mol. The molecule has 0 aliphatic carbocycles. The normalized spacial score (nSPS) is 20.8. The molecule has 0 atom stereocenters. The molecule has 0 aromatic carbocycles. The van der Waals surface area contributed by atoms with Crippen LogP contribution in [0.15, 0.2) is 16.9 Å². The summed E-state index contributed by atoms with van der Waals surface area (Å²) < 4.78 is 5.29. The minimum absolute atomic E-state index is 0.00157. The fourth-order valence-electron chi connectivity index (χ4n) is 2.29. The second-order valence-corrected chi connectivity index (χ2v) is 5.37. The van der Waals surface area contributed by atoms with Crippen molar-refractivity contribution in [2.75, 3.05) is 53.5 Å². The van der Waals surface area contributed by atoms with Crippen LogP contribution in [0.1, 0.15) is 12.8 Å². The van der Waals surface area contributed by atoms with Gasteiger partial charge in [0.25, 0.3) is 5.91 Å². The molecule has 2 heterocycles. The molecule has 0 spiro atoms. The van der Waals surface area contributed by atoms with E-state index in [1.54, 1.807) is 6.34 Å². The molecule has 0 aromatic rings. The van der Waals surface area contributed by atoms with Gasteiger partial charge in [-0.15, -0.1) is 0 Å². The summed E-state index contributed by atoms with van der Waals surface area (Å²) in [6.07, 6.45) is 5.96. The second kappa shape index (κ2) is 7.28. The average Bonchev–Trinajstić information content (AvgIpc) is 2.96. The Morgan fingerprint density at radius 2 is 1.80 bits per heavy atom. The van der Waals surface area contributed by atoms with Gasteiger partial charge in [0.15, 0.2) is 0 Å². The number of morpholine rings is 1. The molecule has 2 saturated heterocycles. The third kappa shape index (κ3) is 4.23. The smallest absolute Gasteiger partial charge is 0.274 e. The summed E-state index contributed by atoms with van der Waals surface area (Å²) in [5, 5.41) is 0. The van der Waals surface area contributed by atoms with Crippen molar-refractivity contribution in [3.63, 3.8) is 0 Å². The number of rotatable bonds is 4. The molecule has 6 nitrogen and oxygen atoms in total. The van der Waals surface area contributed by atoms with Crippen LogP contribution in [0.3, 0.4) is 0 Å². The van der Waals surface area contributed by atoms with Crippen LogP contribution in [-0.2, 0) is 9.53 Å². The SMILES string of the molecule is CN(C)C=N/C(=C/N1CCCC1)C(=O)N1CCOCC1. The Morgan fingerprint density at radius 1 is 1.15 bits per heavy atom. The lowest BCUT2D eigenvalue weighted by Gasteiger charge is -2.27. The second-order valence-electron chi connectivity index (χ2n) is 5.37. The Bertz CT molecular complexity index is 381. The number of amides is 1. The summed E-state index contributed by atoms with van der Waals surface area (Å²) in [4.78, 5) is 22.7. The van der Waals surface area contributed by atoms with Crippen molar-refractivity contribution in [3.05, 3.63) is 11.9 Å². The summed E-state index contributed by atoms with van der Waals surface area (Å²) >= 11 is 0. The fourth-order valence-corrected chi connectivity index (χ4v) is 2.29. The lowest BCUT2D eigenvalue weighted by Crippen LogP contribution is -2.41. The van der Waals surface area contributed by atoms with Gasteiger partial charge >= 0.3 is 0 Å². The third-order valence-corrected chi connectivity index (χ3v) is 3.39. The van der Waals surface area contributed by atoms with Crippen molar-refractivity contribution in [1.29, 1.82) is 0 Å². The quantitative estimate of drug-likeness (QED) is 0.424. The summed E-state index contributed by atoms with van der Waals surface area (Å²) in [7, 11) is 3.80. The molecule has 0 saturated carbocycles. The summed E-state index contributed by atoms with van der Waals surface area (Å²) in [6.45, 7) is 4.54. The molecule has 0 N–H and O–H groups in total. The van der Waals surface area contributed by atoms with Crippen LogP contribution in [0.2, 0.25) is 0 Å². The topological polar surface area (TPSA) is 48.4 Å². The number of carbonyl (C=O) groups is 1.